The first-order valence-electron chi connectivity index (χ1n) is 5.91. The molecule has 17 heavy (non-hydrogen) atoms. The first kappa shape index (κ1) is 11.9. The Hall–Kier alpha value is -1.55. The molecule has 1 heterocycles. The van der Waals surface area contributed by atoms with Gasteiger partial charge >= 0.3 is 0 Å². The molecule has 1 aliphatic heterocycles. The van der Waals surface area contributed by atoms with Crippen LogP contribution in [-0.2, 0) is 4.79 Å². The standard InChI is InChI=1S/C13H19N3O/c1-9-8-11(13(17)15-16(2)3)10-6-4-5-7-12(10)14-9/h4-7,9,11,14H,8H2,1-3H3,(H,15,17). The molecule has 92 valence electrons. The Bertz CT molecular complexity index is 417. The molecule has 1 aromatic rings. The average Bonchev–Trinajstić information content (AvgIpc) is 2.26. The number of hydrazine groups is 1. The number of carbonyl (C=O) groups is 1. The number of hydrogen-bond acceptors (Lipinski definition) is 3. The van der Waals surface area contributed by atoms with Crippen LogP contribution in [0.4, 0.5) is 5.69 Å². The normalized spacial score (nSPS) is 22.8. The van der Waals surface area contributed by atoms with E-state index >= 15 is 0 Å². The zero-order valence-corrected chi connectivity index (χ0v) is 10.5. The van der Waals surface area contributed by atoms with Crippen LogP contribution in [0.5, 0.6) is 0 Å². The fraction of sp³-hybridized carbons (Fsp3) is 0.462. The summed E-state index contributed by atoms with van der Waals surface area (Å²) in [5.41, 5.74) is 5.00. The lowest BCUT2D eigenvalue weighted by Gasteiger charge is -2.31. The highest BCUT2D eigenvalue weighted by Crippen LogP contribution is 2.33. The van der Waals surface area contributed by atoms with Crippen LogP contribution >= 0.6 is 0 Å². The van der Waals surface area contributed by atoms with Crippen LogP contribution in [0.1, 0.15) is 24.8 Å². The van der Waals surface area contributed by atoms with Gasteiger partial charge in [-0.05, 0) is 25.0 Å². The van der Waals surface area contributed by atoms with Crippen LogP contribution in [-0.4, -0.2) is 31.1 Å². The molecule has 1 aromatic carbocycles. The summed E-state index contributed by atoms with van der Waals surface area (Å²) in [5.74, 6) is 0.000602. The predicted octanol–water partition coefficient (Wildman–Crippen LogP) is 1.57. The number of nitrogens with one attached hydrogen (secondary N) is 2. The van der Waals surface area contributed by atoms with Crippen molar-refractivity contribution in [3.05, 3.63) is 29.8 Å². The minimum Gasteiger partial charge on any atom is -0.382 e. The van der Waals surface area contributed by atoms with E-state index in [2.05, 4.69) is 17.7 Å². The van der Waals surface area contributed by atoms with E-state index in [9.17, 15) is 4.79 Å². The van der Waals surface area contributed by atoms with Crippen molar-refractivity contribution in [2.24, 2.45) is 0 Å². The first-order chi connectivity index (χ1) is 8.08. The summed E-state index contributed by atoms with van der Waals surface area (Å²) in [6.45, 7) is 2.10. The second kappa shape index (κ2) is 4.75. The topological polar surface area (TPSA) is 44.4 Å². The maximum absolute atomic E-state index is 12.1. The summed E-state index contributed by atoms with van der Waals surface area (Å²) in [5, 5.41) is 5.10. The van der Waals surface area contributed by atoms with Crippen LogP contribution in [0.25, 0.3) is 0 Å². The van der Waals surface area contributed by atoms with Crippen molar-refractivity contribution in [2.45, 2.75) is 25.3 Å². The lowest BCUT2D eigenvalue weighted by molar-refractivity contribution is -0.126. The average molecular weight is 233 g/mol. The van der Waals surface area contributed by atoms with Crippen molar-refractivity contribution >= 4 is 11.6 Å². The molecule has 0 aliphatic carbocycles. The zero-order chi connectivity index (χ0) is 12.4. The van der Waals surface area contributed by atoms with Gasteiger partial charge in [-0.1, -0.05) is 18.2 Å². The van der Waals surface area contributed by atoms with E-state index in [0.717, 1.165) is 17.7 Å². The van der Waals surface area contributed by atoms with Crippen molar-refractivity contribution in [1.29, 1.82) is 0 Å². The number of para-hydroxylation sites is 1. The van der Waals surface area contributed by atoms with Crippen molar-refractivity contribution in [1.82, 2.24) is 10.4 Å². The minimum absolute atomic E-state index is 0.0650. The summed E-state index contributed by atoms with van der Waals surface area (Å²) < 4.78 is 0. The van der Waals surface area contributed by atoms with E-state index in [1.165, 1.54) is 0 Å². The molecule has 1 amide bonds. The van der Waals surface area contributed by atoms with Gasteiger partial charge in [0.15, 0.2) is 0 Å². The van der Waals surface area contributed by atoms with Crippen LogP contribution in [0, 0.1) is 0 Å². The second-order valence-electron chi connectivity index (χ2n) is 4.79. The van der Waals surface area contributed by atoms with Crippen molar-refractivity contribution in [3.63, 3.8) is 0 Å². The highest BCUT2D eigenvalue weighted by Gasteiger charge is 2.29. The molecule has 0 aromatic heterocycles. The maximum atomic E-state index is 12.1. The second-order valence-corrected chi connectivity index (χ2v) is 4.79. The molecule has 0 bridgehead atoms. The minimum atomic E-state index is -0.0650. The van der Waals surface area contributed by atoms with Crippen molar-refractivity contribution < 1.29 is 4.79 Å². The van der Waals surface area contributed by atoms with E-state index in [0.29, 0.717) is 6.04 Å². The van der Waals surface area contributed by atoms with Crippen LogP contribution in [0.15, 0.2) is 24.3 Å². The third-order valence-corrected chi connectivity index (χ3v) is 2.98. The third-order valence-electron chi connectivity index (χ3n) is 2.98. The lowest BCUT2D eigenvalue weighted by atomic mass is 9.87. The Balaban J connectivity index is 2.26. The zero-order valence-electron chi connectivity index (χ0n) is 10.5. The maximum Gasteiger partial charge on any atom is 0.241 e. The smallest absolute Gasteiger partial charge is 0.241 e. The summed E-state index contributed by atoms with van der Waals surface area (Å²) in [4.78, 5) is 12.1. The molecule has 2 atom stereocenters. The van der Waals surface area contributed by atoms with Gasteiger partial charge in [0.25, 0.3) is 0 Å². The Morgan fingerprint density at radius 2 is 2.12 bits per heavy atom. The number of benzene rings is 1. The van der Waals surface area contributed by atoms with E-state index in [-0.39, 0.29) is 11.8 Å². The lowest BCUT2D eigenvalue weighted by Crippen LogP contribution is -2.42. The number of hydrogen-bond donors (Lipinski definition) is 2. The molecule has 2 rings (SSSR count). The molecule has 2 N–H and O–H groups in total. The van der Waals surface area contributed by atoms with Gasteiger partial charge in [0, 0.05) is 25.8 Å². The molecule has 0 saturated carbocycles. The SMILES string of the molecule is CC1CC(C(=O)NN(C)C)c2ccccc2N1. The quantitative estimate of drug-likeness (QED) is 0.762. The third kappa shape index (κ3) is 2.58. The fourth-order valence-corrected chi connectivity index (χ4v) is 2.28. The van der Waals surface area contributed by atoms with Gasteiger partial charge in [-0.2, -0.15) is 0 Å². The Morgan fingerprint density at radius 1 is 1.41 bits per heavy atom. The monoisotopic (exact) mass is 233 g/mol. The van der Waals surface area contributed by atoms with Gasteiger partial charge in [-0.25, -0.2) is 5.01 Å². The summed E-state index contributed by atoms with van der Waals surface area (Å²) in [6, 6.07) is 8.34. The number of amides is 1. The van der Waals surface area contributed by atoms with Gasteiger partial charge in [0.1, 0.15) is 0 Å². The molecule has 0 saturated heterocycles. The van der Waals surface area contributed by atoms with E-state index in [4.69, 9.17) is 0 Å². The Morgan fingerprint density at radius 3 is 2.82 bits per heavy atom. The van der Waals surface area contributed by atoms with Gasteiger partial charge < -0.3 is 5.32 Å². The number of rotatable bonds is 2. The summed E-state index contributed by atoms with van der Waals surface area (Å²) in [6.07, 6.45) is 0.830. The van der Waals surface area contributed by atoms with E-state index in [1.807, 2.05) is 38.4 Å². The number of nitrogens with zero attached hydrogens (tertiary/aromatic N) is 1. The van der Waals surface area contributed by atoms with E-state index in [1.54, 1.807) is 5.01 Å². The van der Waals surface area contributed by atoms with Crippen LogP contribution < -0.4 is 10.7 Å². The largest absolute Gasteiger partial charge is 0.382 e. The van der Waals surface area contributed by atoms with Crippen LogP contribution in [0.3, 0.4) is 0 Å². The van der Waals surface area contributed by atoms with E-state index < -0.39 is 0 Å². The molecule has 4 heteroatoms. The highest BCUT2D eigenvalue weighted by molar-refractivity contribution is 5.86. The number of fused-ring (bicyclic) bond motifs is 1. The molecule has 0 fully saturated rings. The molecular weight excluding hydrogens is 214 g/mol. The number of anilines is 1. The molecule has 4 nitrogen and oxygen atoms in total. The highest BCUT2D eigenvalue weighted by atomic mass is 16.2. The Labute approximate surface area is 102 Å². The van der Waals surface area contributed by atoms with Crippen molar-refractivity contribution in [2.75, 3.05) is 19.4 Å². The summed E-state index contributed by atoms with van der Waals surface area (Å²) >= 11 is 0. The fourth-order valence-electron chi connectivity index (χ4n) is 2.28. The molecule has 0 spiro atoms. The molecule has 1 aliphatic rings. The van der Waals surface area contributed by atoms with Crippen LogP contribution in [0.2, 0.25) is 0 Å². The molecular formula is C13H19N3O. The molecule has 2 unspecified atom stereocenters. The first-order valence-corrected chi connectivity index (χ1v) is 5.91. The Kier molecular flexibility index (Phi) is 3.33. The van der Waals surface area contributed by atoms with Gasteiger partial charge in [0.2, 0.25) is 5.91 Å². The number of carbonyl (C=O) groups excluding carboxylic acids is 1. The van der Waals surface area contributed by atoms with Crippen molar-refractivity contribution in [3.8, 4) is 0 Å². The predicted molar refractivity (Wildman–Crippen MR) is 68.7 cm³/mol. The summed E-state index contributed by atoms with van der Waals surface area (Å²) in [7, 11) is 3.66. The van der Waals surface area contributed by atoms with Gasteiger partial charge in [0.05, 0.1) is 5.92 Å². The van der Waals surface area contributed by atoms with Gasteiger partial charge in [-0.3, -0.25) is 10.2 Å². The van der Waals surface area contributed by atoms with Gasteiger partial charge in [-0.15, -0.1) is 0 Å². The molecule has 0 radical (unpaired) electrons.